The van der Waals surface area contributed by atoms with Crippen LogP contribution in [0.25, 0.3) is 0 Å². The topological polar surface area (TPSA) is 106 Å². The molecule has 1 heterocycles. The van der Waals surface area contributed by atoms with E-state index in [4.69, 9.17) is 9.47 Å². The first-order valence-electron chi connectivity index (χ1n) is 10.1. The van der Waals surface area contributed by atoms with Gasteiger partial charge in [0.25, 0.3) is 0 Å². The molecule has 0 fully saturated rings. The van der Waals surface area contributed by atoms with Gasteiger partial charge in [-0.1, -0.05) is 67.6 Å². The number of hydrogen-bond acceptors (Lipinski definition) is 7. The molecule has 31 heavy (non-hydrogen) atoms. The normalized spacial score (nSPS) is 12.2. The molecular weight excluding hydrogens is 396 g/mol. The van der Waals surface area contributed by atoms with Gasteiger partial charge in [-0.2, -0.15) is 15.0 Å². The van der Waals surface area contributed by atoms with E-state index in [0.29, 0.717) is 29.3 Å². The number of benzene rings is 2. The van der Waals surface area contributed by atoms with Crippen molar-refractivity contribution in [3.8, 4) is 6.01 Å². The molecule has 0 saturated heterocycles. The highest BCUT2D eigenvalue weighted by Gasteiger charge is 2.50. The number of carbonyl (C=O) groups is 1. The van der Waals surface area contributed by atoms with E-state index in [1.807, 2.05) is 74.5 Å². The van der Waals surface area contributed by atoms with Crippen molar-refractivity contribution >= 4 is 11.9 Å². The third kappa shape index (κ3) is 4.64. The van der Waals surface area contributed by atoms with E-state index in [2.05, 4.69) is 20.3 Å². The molecule has 1 atom stereocenters. The predicted octanol–water partition coefficient (Wildman–Crippen LogP) is 3.29. The van der Waals surface area contributed by atoms with E-state index in [0.717, 1.165) is 0 Å². The smallest absolute Gasteiger partial charge is 0.348 e. The fourth-order valence-electron chi connectivity index (χ4n) is 3.44. The van der Waals surface area contributed by atoms with Crippen molar-refractivity contribution in [3.05, 3.63) is 77.6 Å². The Morgan fingerprint density at radius 3 is 2.03 bits per heavy atom. The summed E-state index contributed by atoms with van der Waals surface area (Å²) in [7, 11) is 1.67. The van der Waals surface area contributed by atoms with Gasteiger partial charge in [-0.3, -0.25) is 0 Å². The Morgan fingerprint density at radius 2 is 1.58 bits per heavy atom. The van der Waals surface area contributed by atoms with E-state index >= 15 is 0 Å². The molecule has 0 spiro atoms. The summed E-state index contributed by atoms with van der Waals surface area (Å²) in [5, 5.41) is 13.1. The summed E-state index contributed by atoms with van der Waals surface area (Å²) >= 11 is 0. The maximum Gasteiger partial charge on any atom is 0.348 e. The summed E-state index contributed by atoms with van der Waals surface area (Å²) < 4.78 is 12.2. The molecule has 0 aliphatic carbocycles. The van der Waals surface area contributed by atoms with E-state index in [-0.39, 0.29) is 12.6 Å². The molecule has 1 unspecified atom stereocenters. The largest absolute Gasteiger partial charge is 0.478 e. The van der Waals surface area contributed by atoms with Gasteiger partial charge in [-0.25, -0.2) is 4.79 Å². The lowest BCUT2D eigenvalue weighted by Gasteiger charge is -2.38. The number of carboxylic acid groups (broad SMARTS) is 1. The van der Waals surface area contributed by atoms with Crippen molar-refractivity contribution in [2.45, 2.75) is 32.0 Å². The van der Waals surface area contributed by atoms with Gasteiger partial charge >= 0.3 is 12.0 Å². The average molecular weight is 422 g/mol. The molecule has 0 radical (unpaired) electrons. The van der Waals surface area contributed by atoms with Crippen molar-refractivity contribution in [1.29, 1.82) is 0 Å². The Balaban J connectivity index is 2.20. The van der Waals surface area contributed by atoms with Crippen molar-refractivity contribution in [3.63, 3.8) is 0 Å². The predicted molar refractivity (Wildman–Crippen MR) is 116 cm³/mol. The zero-order valence-corrected chi connectivity index (χ0v) is 17.8. The van der Waals surface area contributed by atoms with Crippen molar-refractivity contribution < 1.29 is 19.4 Å². The van der Waals surface area contributed by atoms with Crippen LogP contribution in [0.4, 0.5) is 5.95 Å². The SMILES string of the molecule is CCOC(c1ccccc1)(c1ccccc1)C(Oc1nc(CC)nc(NC)n1)C(=O)O. The quantitative estimate of drug-likeness (QED) is 0.513. The number of anilines is 1. The van der Waals surface area contributed by atoms with Gasteiger partial charge in [-0.05, 0) is 18.1 Å². The van der Waals surface area contributed by atoms with Crippen LogP contribution in [-0.2, 0) is 21.6 Å². The number of hydrogen-bond donors (Lipinski definition) is 2. The molecule has 2 aromatic carbocycles. The minimum Gasteiger partial charge on any atom is -0.478 e. The molecule has 3 aromatic rings. The van der Waals surface area contributed by atoms with Crippen molar-refractivity contribution in [2.75, 3.05) is 19.0 Å². The molecule has 3 rings (SSSR count). The van der Waals surface area contributed by atoms with Crippen LogP contribution in [0.15, 0.2) is 60.7 Å². The van der Waals surface area contributed by atoms with Crippen molar-refractivity contribution in [2.24, 2.45) is 0 Å². The number of rotatable bonds is 10. The third-order valence-corrected chi connectivity index (χ3v) is 4.80. The molecule has 162 valence electrons. The summed E-state index contributed by atoms with van der Waals surface area (Å²) in [5.41, 5.74) is -0.134. The molecule has 8 heteroatoms. The minimum atomic E-state index is -1.46. The third-order valence-electron chi connectivity index (χ3n) is 4.80. The second-order valence-corrected chi connectivity index (χ2v) is 6.70. The summed E-state index contributed by atoms with van der Waals surface area (Å²) in [6.07, 6.45) is -0.923. The first kappa shape index (κ1) is 22.2. The van der Waals surface area contributed by atoms with Crippen LogP contribution >= 0.6 is 0 Å². The lowest BCUT2D eigenvalue weighted by atomic mass is 9.81. The van der Waals surface area contributed by atoms with Gasteiger partial charge in [0.05, 0.1) is 0 Å². The fourth-order valence-corrected chi connectivity index (χ4v) is 3.44. The van der Waals surface area contributed by atoms with Gasteiger partial charge in [0, 0.05) is 20.1 Å². The van der Waals surface area contributed by atoms with Crippen LogP contribution in [0.1, 0.15) is 30.8 Å². The zero-order valence-electron chi connectivity index (χ0n) is 17.8. The second-order valence-electron chi connectivity index (χ2n) is 6.70. The van der Waals surface area contributed by atoms with Gasteiger partial charge in [0.15, 0.2) is 5.60 Å². The molecule has 0 saturated carbocycles. The average Bonchev–Trinajstić information content (AvgIpc) is 2.82. The fraction of sp³-hybridized carbons (Fsp3) is 0.304. The molecule has 0 amide bonds. The number of aryl methyl sites for hydroxylation is 1. The van der Waals surface area contributed by atoms with Crippen molar-refractivity contribution in [1.82, 2.24) is 15.0 Å². The molecule has 0 bridgehead atoms. The van der Waals surface area contributed by atoms with Gasteiger partial charge in [-0.15, -0.1) is 0 Å². The number of ether oxygens (including phenoxy) is 2. The molecule has 0 aliphatic heterocycles. The van der Waals surface area contributed by atoms with Gasteiger partial charge < -0.3 is 19.9 Å². The number of aliphatic carboxylic acids is 1. The second kappa shape index (κ2) is 9.99. The Labute approximate surface area is 181 Å². The van der Waals surface area contributed by atoms with E-state index < -0.39 is 17.7 Å². The highest BCUT2D eigenvalue weighted by molar-refractivity contribution is 5.76. The molecule has 2 N–H and O–H groups in total. The number of nitrogens with zero attached hydrogens (tertiary/aromatic N) is 3. The van der Waals surface area contributed by atoms with Gasteiger partial charge in [0.2, 0.25) is 12.1 Å². The van der Waals surface area contributed by atoms with E-state index in [1.54, 1.807) is 7.05 Å². The summed E-state index contributed by atoms with van der Waals surface area (Å²) in [6, 6.07) is 18.3. The molecular formula is C23H26N4O4. The number of aromatic nitrogens is 3. The Bertz CT molecular complexity index is 937. The molecule has 8 nitrogen and oxygen atoms in total. The molecule has 0 aliphatic rings. The first-order valence-corrected chi connectivity index (χ1v) is 10.1. The maximum atomic E-state index is 12.6. The first-order chi connectivity index (χ1) is 15.0. The van der Waals surface area contributed by atoms with Crippen LogP contribution in [0, 0.1) is 0 Å². The van der Waals surface area contributed by atoms with Crippen LogP contribution < -0.4 is 10.1 Å². The highest BCUT2D eigenvalue weighted by Crippen LogP contribution is 2.39. The zero-order chi connectivity index (χ0) is 22.3. The Morgan fingerprint density at radius 1 is 1.00 bits per heavy atom. The lowest BCUT2D eigenvalue weighted by molar-refractivity contribution is -0.163. The van der Waals surface area contributed by atoms with Gasteiger partial charge in [0.1, 0.15) is 5.82 Å². The number of carboxylic acids is 1. The van der Waals surface area contributed by atoms with Crippen LogP contribution in [0.2, 0.25) is 0 Å². The Hall–Kier alpha value is -3.52. The maximum absolute atomic E-state index is 12.6. The van der Waals surface area contributed by atoms with Crippen LogP contribution in [0.3, 0.4) is 0 Å². The van der Waals surface area contributed by atoms with Crippen LogP contribution in [-0.4, -0.2) is 45.8 Å². The molecule has 1 aromatic heterocycles. The summed E-state index contributed by atoms with van der Waals surface area (Å²) in [6.45, 7) is 3.97. The summed E-state index contributed by atoms with van der Waals surface area (Å²) in [4.78, 5) is 25.3. The Kier molecular flexibility index (Phi) is 7.15. The van der Waals surface area contributed by atoms with E-state index in [1.165, 1.54) is 0 Å². The minimum absolute atomic E-state index is 0.0838. The monoisotopic (exact) mass is 422 g/mol. The summed E-state index contributed by atoms with van der Waals surface area (Å²) in [5.74, 6) is -0.419. The lowest BCUT2D eigenvalue weighted by Crippen LogP contribution is -2.51. The van der Waals surface area contributed by atoms with E-state index in [9.17, 15) is 9.90 Å². The standard InChI is InChI=1S/C23H26N4O4/c1-4-18-25-21(24-3)27-22(26-18)31-19(20(28)29)23(30-5-2,16-12-8-6-9-13-16)17-14-10-7-11-15-17/h6-15,19H,4-5H2,1-3H3,(H,28,29)(H,24,25,26,27). The highest BCUT2D eigenvalue weighted by atomic mass is 16.6. The van der Waals surface area contributed by atoms with Crippen LogP contribution in [0.5, 0.6) is 6.01 Å². The number of nitrogens with one attached hydrogen (secondary N) is 1.